The summed E-state index contributed by atoms with van der Waals surface area (Å²) in [6.07, 6.45) is 0.466. The van der Waals surface area contributed by atoms with Crippen molar-refractivity contribution in [2.45, 2.75) is 26.3 Å². The maximum Gasteiger partial charge on any atom is 0.251 e. The van der Waals surface area contributed by atoms with Crippen molar-refractivity contribution >= 4 is 21.7 Å². The van der Waals surface area contributed by atoms with Crippen LogP contribution < -0.4 is 5.32 Å². The zero-order valence-corrected chi connectivity index (χ0v) is 14.2. The standard InChI is InChI=1S/C16H22N2O4S/c1-3-18(13-8-9-23(21,22)11-13)15(19)10-17-16(20)14-7-5-4-6-12(14)2/h4-7,13H,3,8-11H2,1-2H3,(H,17,20). The van der Waals surface area contributed by atoms with Crippen LogP contribution in [-0.2, 0) is 14.6 Å². The maximum absolute atomic E-state index is 12.3. The van der Waals surface area contributed by atoms with E-state index in [1.807, 2.05) is 26.0 Å². The van der Waals surface area contributed by atoms with Crippen LogP contribution in [0.5, 0.6) is 0 Å². The molecule has 0 aromatic heterocycles. The second-order valence-electron chi connectivity index (χ2n) is 5.73. The molecule has 0 aliphatic carbocycles. The minimum atomic E-state index is -3.05. The van der Waals surface area contributed by atoms with Gasteiger partial charge in [-0.15, -0.1) is 0 Å². The third kappa shape index (κ3) is 4.31. The van der Waals surface area contributed by atoms with Gasteiger partial charge in [0.25, 0.3) is 5.91 Å². The molecule has 0 saturated carbocycles. The lowest BCUT2D eigenvalue weighted by Gasteiger charge is -2.27. The molecule has 0 radical (unpaired) electrons. The largest absolute Gasteiger partial charge is 0.343 e. The van der Waals surface area contributed by atoms with Crippen molar-refractivity contribution < 1.29 is 18.0 Å². The summed E-state index contributed by atoms with van der Waals surface area (Å²) < 4.78 is 23.1. The summed E-state index contributed by atoms with van der Waals surface area (Å²) in [7, 11) is -3.05. The van der Waals surface area contributed by atoms with Crippen LogP contribution >= 0.6 is 0 Å². The highest BCUT2D eigenvalue weighted by Gasteiger charge is 2.33. The van der Waals surface area contributed by atoms with Crippen molar-refractivity contribution in [2.75, 3.05) is 24.6 Å². The van der Waals surface area contributed by atoms with Crippen LogP contribution in [0.3, 0.4) is 0 Å². The van der Waals surface area contributed by atoms with Crippen molar-refractivity contribution in [3.05, 3.63) is 35.4 Å². The zero-order valence-electron chi connectivity index (χ0n) is 13.4. The number of amides is 2. The summed E-state index contributed by atoms with van der Waals surface area (Å²) in [6, 6.07) is 6.87. The Morgan fingerprint density at radius 3 is 2.57 bits per heavy atom. The van der Waals surface area contributed by atoms with Gasteiger partial charge in [-0.3, -0.25) is 9.59 Å². The first-order valence-corrected chi connectivity index (χ1v) is 9.50. The van der Waals surface area contributed by atoms with Crippen molar-refractivity contribution in [2.24, 2.45) is 0 Å². The average molecular weight is 338 g/mol. The van der Waals surface area contributed by atoms with Crippen LogP contribution in [0.4, 0.5) is 0 Å². The molecule has 1 atom stereocenters. The van der Waals surface area contributed by atoms with Gasteiger partial charge in [0.15, 0.2) is 9.84 Å². The molecule has 1 aromatic carbocycles. The van der Waals surface area contributed by atoms with Crippen LogP contribution in [-0.4, -0.2) is 55.8 Å². The van der Waals surface area contributed by atoms with Gasteiger partial charge in [-0.25, -0.2) is 8.42 Å². The molecule has 1 fully saturated rings. The topological polar surface area (TPSA) is 83.6 Å². The van der Waals surface area contributed by atoms with Crippen molar-refractivity contribution in [3.8, 4) is 0 Å². The molecular formula is C16H22N2O4S. The fraction of sp³-hybridized carbons (Fsp3) is 0.500. The number of hydrogen-bond donors (Lipinski definition) is 1. The first-order valence-electron chi connectivity index (χ1n) is 7.68. The predicted octanol–water partition coefficient (Wildman–Crippen LogP) is 0.760. The molecule has 1 unspecified atom stereocenters. The molecule has 1 heterocycles. The van der Waals surface area contributed by atoms with E-state index in [1.165, 1.54) is 0 Å². The molecule has 1 N–H and O–H groups in total. The molecule has 1 saturated heterocycles. The highest BCUT2D eigenvalue weighted by molar-refractivity contribution is 7.91. The summed E-state index contributed by atoms with van der Waals surface area (Å²) in [4.78, 5) is 26.0. The van der Waals surface area contributed by atoms with Gasteiger partial charge in [0.2, 0.25) is 5.91 Å². The van der Waals surface area contributed by atoms with Gasteiger partial charge in [-0.05, 0) is 31.9 Å². The lowest BCUT2D eigenvalue weighted by Crippen LogP contribution is -2.46. The maximum atomic E-state index is 12.3. The molecule has 1 aromatic rings. The second kappa shape index (κ2) is 7.12. The molecule has 0 spiro atoms. The Kier molecular flexibility index (Phi) is 5.41. The molecule has 6 nitrogen and oxygen atoms in total. The zero-order chi connectivity index (χ0) is 17.0. The third-order valence-electron chi connectivity index (χ3n) is 4.10. The molecule has 2 rings (SSSR count). The van der Waals surface area contributed by atoms with Gasteiger partial charge in [-0.1, -0.05) is 18.2 Å². The third-order valence-corrected chi connectivity index (χ3v) is 5.85. The molecule has 1 aliphatic rings. The molecule has 126 valence electrons. The molecule has 0 bridgehead atoms. The monoisotopic (exact) mass is 338 g/mol. The van der Waals surface area contributed by atoms with Crippen LogP contribution in [0.2, 0.25) is 0 Å². The highest BCUT2D eigenvalue weighted by atomic mass is 32.2. The second-order valence-corrected chi connectivity index (χ2v) is 7.96. The molecule has 23 heavy (non-hydrogen) atoms. The molecular weight excluding hydrogens is 316 g/mol. The number of rotatable bonds is 5. The van der Waals surface area contributed by atoms with E-state index in [0.29, 0.717) is 18.5 Å². The lowest BCUT2D eigenvalue weighted by atomic mass is 10.1. The summed E-state index contributed by atoms with van der Waals surface area (Å²) in [5, 5.41) is 2.62. The van der Waals surface area contributed by atoms with Gasteiger partial charge < -0.3 is 10.2 Å². The number of carbonyl (C=O) groups excluding carboxylic acids is 2. The Hall–Kier alpha value is -1.89. The smallest absolute Gasteiger partial charge is 0.251 e. The van der Waals surface area contributed by atoms with E-state index >= 15 is 0 Å². The fourth-order valence-electron chi connectivity index (χ4n) is 2.84. The SMILES string of the molecule is CCN(C(=O)CNC(=O)c1ccccc1C)C1CCS(=O)(=O)C1. The molecule has 1 aliphatic heterocycles. The van der Waals surface area contributed by atoms with Crippen molar-refractivity contribution in [3.63, 3.8) is 0 Å². The van der Waals surface area contributed by atoms with E-state index in [1.54, 1.807) is 17.0 Å². The van der Waals surface area contributed by atoms with Gasteiger partial charge in [-0.2, -0.15) is 0 Å². The Morgan fingerprint density at radius 1 is 1.30 bits per heavy atom. The number of sulfone groups is 1. The number of nitrogens with one attached hydrogen (secondary N) is 1. The van der Waals surface area contributed by atoms with Gasteiger partial charge >= 0.3 is 0 Å². The highest BCUT2D eigenvalue weighted by Crippen LogP contribution is 2.17. The Labute approximate surface area is 136 Å². The summed E-state index contributed by atoms with van der Waals surface area (Å²) >= 11 is 0. The minimum Gasteiger partial charge on any atom is -0.343 e. The van der Waals surface area contributed by atoms with E-state index in [4.69, 9.17) is 0 Å². The number of hydrogen-bond acceptors (Lipinski definition) is 4. The lowest BCUT2D eigenvalue weighted by molar-refractivity contribution is -0.131. The number of benzene rings is 1. The Bertz CT molecular complexity index is 700. The summed E-state index contributed by atoms with van der Waals surface area (Å²) in [5.74, 6) is -0.418. The number of carbonyl (C=O) groups is 2. The van der Waals surface area contributed by atoms with Crippen molar-refractivity contribution in [1.82, 2.24) is 10.2 Å². The molecule has 2 amide bonds. The first kappa shape index (κ1) is 17.5. The fourth-order valence-corrected chi connectivity index (χ4v) is 4.57. The Balaban J connectivity index is 1.95. The number of nitrogens with zero attached hydrogens (tertiary/aromatic N) is 1. The number of likely N-dealkylation sites (N-methyl/N-ethyl adjacent to an activating group) is 1. The van der Waals surface area contributed by atoms with E-state index in [2.05, 4.69) is 5.32 Å². The minimum absolute atomic E-state index is 0.0122. The van der Waals surface area contributed by atoms with Crippen molar-refractivity contribution in [1.29, 1.82) is 0 Å². The summed E-state index contributed by atoms with van der Waals surface area (Å²) in [6.45, 7) is 3.95. The Morgan fingerprint density at radius 2 is 2.00 bits per heavy atom. The molecule has 7 heteroatoms. The summed E-state index contributed by atoms with van der Waals surface area (Å²) in [5.41, 5.74) is 1.37. The van der Waals surface area contributed by atoms with E-state index in [9.17, 15) is 18.0 Å². The van der Waals surface area contributed by atoms with E-state index in [0.717, 1.165) is 5.56 Å². The number of aryl methyl sites for hydroxylation is 1. The first-order chi connectivity index (χ1) is 10.8. The predicted molar refractivity (Wildman–Crippen MR) is 88.0 cm³/mol. The van der Waals surface area contributed by atoms with E-state index in [-0.39, 0.29) is 35.9 Å². The quantitative estimate of drug-likeness (QED) is 0.859. The van der Waals surface area contributed by atoms with Crippen LogP contribution in [0.15, 0.2) is 24.3 Å². The van der Waals surface area contributed by atoms with E-state index < -0.39 is 9.84 Å². The van der Waals surface area contributed by atoms with Crippen LogP contribution in [0, 0.1) is 6.92 Å². The van der Waals surface area contributed by atoms with Crippen LogP contribution in [0.25, 0.3) is 0 Å². The van der Waals surface area contributed by atoms with Gasteiger partial charge in [0.1, 0.15) is 0 Å². The van der Waals surface area contributed by atoms with Gasteiger partial charge in [0, 0.05) is 18.2 Å². The van der Waals surface area contributed by atoms with Gasteiger partial charge in [0.05, 0.1) is 18.1 Å². The average Bonchev–Trinajstić information content (AvgIpc) is 2.86. The normalized spacial score (nSPS) is 19.3. The van der Waals surface area contributed by atoms with Crippen LogP contribution in [0.1, 0.15) is 29.3 Å².